The number of rotatable bonds is 9. The summed E-state index contributed by atoms with van der Waals surface area (Å²) in [6.07, 6.45) is 1.64. The molecule has 0 fully saturated rings. The Bertz CT molecular complexity index is 1090. The molecule has 1 aromatic heterocycles. The van der Waals surface area contributed by atoms with Crippen LogP contribution in [0.2, 0.25) is 5.02 Å². The zero-order chi connectivity index (χ0) is 22.2. The van der Waals surface area contributed by atoms with Crippen LogP contribution < -0.4 is 15.4 Å². The highest BCUT2D eigenvalue weighted by Crippen LogP contribution is 2.20. The molecule has 9 heteroatoms. The summed E-state index contributed by atoms with van der Waals surface area (Å²) in [5, 5.41) is 5.19. The number of nitrogens with zero attached hydrogens (tertiary/aromatic N) is 1. The van der Waals surface area contributed by atoms with Crippen LogP contribution in [0, 0.1) is 5.82 Å². The van der Waals surface area contributed by atoms with E-state index in [1.807, 2.05) is 30.3 Å². The molecular formula is C22H19ClFN3O4. The highest BCUT2D eigenvalue weighted by molar-refractivity contribution is 6.30. The predicted octanol–water partition coefficient (Wildman–Crippen LogP) is 3.96. The molecule has 2 aromatic carbocycles. The van der Waals surface area contributed by atoms with Gasteiger partial charge < -0.3 is 19.8 Å². The zero-order valence-electron chi connectivity index (χ0n) is 16.4. The van der Waals surface area contributed by atoms with Crippen molar-refractivity contribution < 1.29 is 23.1 Å². The maximum atomic E-state index is 13.3. The van der Waals surface area contributed by atoms with Crippen molar-refractivity contribution >= 4 is 23.4 Å². The van der Waals surface area contributed by atoms with Crippen LogP contribution in [0.25, 0.3) is 11.5 Å². The molecule has 0 atom stereocenters. The van der Waals surface area contributed by atoms with Gasteiger partial charge in [-0.3, -0.25) is 9.59 Å². The largest absolute Gasteiger partial charge is 0.484 e. The van der Waals surface area contributed by atoms with Gasteiger partial charge in [0.15, 0.2) is 6.61 Å². The average molecular weight is 444 g/mol. The Kier molecular flexibility index (Phi) is 7.40. The fraction of sp³-hybridized carbons (Fsp3) is 0.136. The Balaban J connectivity index is 1.38. The fourth-order valence-corrected chi connectivity index (χ4v) is 2.61. The molecule has 3 aromatic rings. The van der Waals surface area contributed by atoms with Crippen molar-refractivity contribution in [2.45, 2.75) is 6.42 Å². The van der Waals surface area contributed by atoms with Crippen LogP contribution in [0.15, 0.2) is 71.4 Å². The number of carbonyl (C=O) groups is 2. The topological polar surface area (TPSA) is 93.5 Å². The van der Waals surface area contributed by atoms with Gasteiger partial charge in [-0.2, -0.15) is 0 Å². The summed E-state index contributed by atoms with van der Waals surface area (Å²) in [5.41, 5.74) is 1.15. The number of hydrogen-bond donors (Lipinski definition) is 2. The first kappa shape index (κ1) is 22.0. The Morgan fingerprint density at radius 3 is 2.71 bits per heavy atom. The standard InChI is InChI=1S/C22H19ClFN3O4/c1-14(9-10-25-20(28)13-30-16-7-8-17(23)18(24)11-16)27-21(29)19-12-26-22(31-19)15-5-3-2-4-6-15/h2-8,11-12H,1,9-10,13H2,(H,25,28)(H,27,29). The van der Waals surface area contributed by atoms with Gasteiger partial charge in [-0.25, -0.2) is 9.37 Å². The molecule has 2 amide bonds. The summed E-state index contributed by atoms with van der Waals surface area (Å²) in [4.78, 5) is 28.2. The summed E-state index contributed by atoms with van der Waals surface area (Å²) in [7, 11) is 0. The fourth-order valence-electron chi connectivity index (χ4n) is 2.50. The number of aromatic nitrogens is 1. The first-order chi connectivity index (χ1) is 14.9. The Morgan fingerprint density at radius 1 is 1.19 bits per heavy atom. The van der Waals surface area contributed by atoms with Crippen LogP contribution in [0.1, 0.15) is 17.0 Å². The monoisotopic (exact) mass is 443 g/mol. The molecule has 0 radical (unpaired) electrons. The van der Waals surface area contributed by atoms with Gasteiger partial charge in [0.05, 0.1) is 11.2 Å². The number of amides is 2. The Labute approximate surface area is 182 Å². The van der Waals surface area contributed by atoms with E-state index in [4.69, 9.17) is 20.8 Å². The molecule has 2 N–H and O–H groups in total. The molecule has 3 rings (SSSR count). The highest BCUT2D eigenvalue weighted by Gasteiger charge is 2.14. The number of carbonyl (C=O) groups excluding carboxylic acids is 2. The molecule has 0 spiro atoms. The van der Waals surface area contributed by atoms with Crippen LogP contribution in [0.3, 0.4) is 0 Å². The van der Waals surface area contributed by atoms with Crippen molar-refractivity contribution in [3.05, 3.63) is 83.6 Å². The SMILES string of the molecule is C=C(CCNC(=O)COc1ccc(Cl)c(F)c1)NC(=O)c1cnc(-c2ccccc2)o1. The van der Waals surface area contributed by atoms with Crippen LogP contribution in [0.4, 0.5) is 4.39 Å². The average Bonchev–Trinajstić information content (AvgIpc) is 3.26. The molecule has 0 aliphatic carbocycles. The molecule has 0 aliphatic heterocycles. The molecule has 0 saturated carbocycles. The highest BCUT2D eigenvalue weighted by atomic mass is 35.5. The maximum Gasteiger partial charge on any atom is 0.292 e. The van der Waals surface area contributed by atoms with Crippen LogP contribution in [-0.4, -0.2) is 29.9 Å². The lowest BCUT2D eigenvalue weighted by atomic mass is 10.2. The van der Waals surface area contributed by atoms with E-state index >= 15 is 0 Å². The molecule has 160 valence electrons. The molecular weight excluding hydrogens is 425 g/mol. The Morgan fingerprint density at radius 2 is 1.97 bits per heavy atom. The van der Waals surface area contributed by atoms with Gasteiger partial charge in [-0.05, 0) is 24.3 Å². The van der Waals surface area contributed by atoms with Crippen molar-refractivity contribution in [1.29, 1.82) is 0 Å². The molecule has 7 nitrogen and oxygen atoms in total. The lowest BCUT2D eigenvalue weighted by molar-refractivity contribution is -0.123. The number of benzene rings is 2. The third kappa shape index (κ3) is 6.42. The first-order valence-corrected chi connectivity index (χ1v) is 9.65. The lowest BCUT2D eigenvalue weighted by Crippen LogP contribution is -2.31. The van der Waals surface area contributed by atoms with E-state index in [1.165, 1.54) is 18.3 Å². The van der Waals surface area contributed by atoms with Crippen molar-refractivity contribution in [3.63, 3.8) is 0 Å². The van der Waals surface area contributed by atoms with Crippen LogP contribution in [-0.2, 0) is 4.79 Å². The molecule has 0 aliphatic rings. The van der Waals surface area contributed by atoms with Gasteiger partial charge in [-0.1, -0.05) is 36.4 Å². The third-order valence-electron chi connectivity index (χ3n) is 4.05. The number of nitrogens with one attached hydrogen (secondary N) is 2. The lowest BCUT2D eigenvalue weighted by Gasteiger charge is -2.09. The number of hydrogen-bond acceptors (Lipinski definition) is 5. The number of halogens is 2. The van der Waals surface area contributed by atoms with E-state index in [2.05, 4.69) is 22.2 Å². The quantitative estimate of drug-likeness (QED) is 0.522. The smallest absolute Gasteiger partial charge is 0.292 e. The molecule has 1 heterocycles. The summed E-state index contributed by atoms with van der Waals surface area (Å²) < 4.78 is 24.0. The van der Waals surface area contributed by atoms with Gasteiger partial charge in [0, 0.05) is 30.3 Å². The second kappa shape index (κ2) is 10.4. The maximum absolute atomic E-state index is 13.3. The summed E-state index contributed by atoms with van der Waals surface area (Å²) in [6, 6.07) is 13.1. The van der Waals surface area contributed by atoms with E-state index < -0.39 is 17.6 Å². The molecule has 0 bridgehead atoms. The van der Waals surface area contributed by atoms with Crippen molar-refractivity contribution in [3.8, 4) is 17.2 Å². The Hall–Kier alpha value is -3.65. The van der Waals surface area contributed by atoms with E-state index in [9.17, 15) is 14.0 Å². The van der Waals surface area contributed by atoms with E-state index in [0.29, 0.717) is 18.0 Å². The van der Waals surface area contributed by atoms with Gasteiger partial charge in [0.25, 0.3) is 11.8 Å². The van der Waals surface area contributed by atoms with Crippen molar-refractivity contribution in [2.24, 2.45) is 0 Å². The summed E-state index contributed by atoms with van der Waals surface area (Å²) >= 11 is 5.59. The van der Waals surface area contributed by atoms with Gasteiger partial charge >= 0.3 is 0 Å². The molecule has 31 heavy (non-hydrogen) atoms. The number of ether oxygens (including phenoxy) is 1. The minimum atomic E-state index is -0.630. The second-order valence-electron chi connectivity index (χ2n) is 6.42. The normalized spacial score (nSPS) is 10.4. The summed E-state index contributed by atoms with van der Waals surface area (Å²) in [5.74, 6) is -0.946. The van der Waals surface area contributed by atoms with E-state index in [0.717, 1.165) is 11.6 Å². The van der Waals surface area contributed by atoms with Crippen LogP contribution >= 0.6 is 11.6 Å². The first-order valence-electron chi connectivity index (χ1n) is 9.27. The molecule has 0 unspecified atom stereocenters. The molecule has 0 saturated heterocycles. The second-order valence-corrected chi connectivity index (χ2v) is 6.83. The predicted molar refractivity (Wildman–Crippen MR) is 113 cm³/mol. The minimum absolute atomic E-state index is 0.0287. The van der Waals surface area contributed by atoms with E-state index in [-0.39, 0.29) is 29.7 Å². The third-order valence-corrected chi connectivity index (χ3v) is 4.36. The zero-order valence-corrected chi connectivity index (χ0v) is 17.1. The van der Waals surface area contributed by atoms with Crippen molar-refractivity contribution in [1.82, 2.24) is 15.6 Å². The van der Waals surface area contributed by atoms with Gasteiger partial charge in [0.1, 0.15) is 11.6 Å². The summed E-state index contributed by atoms with van der Waals surface area (Å²) in [6.45, 7) is 3.70. The van der Waals surface area contributed by atoms with Gasteiger partial charge in [0.2, 0.25) is 11.7 Å². The van der Waals surface area contributed by atoms with Crippen molar-refractivity contribution in [2.75, 3.05) is 13.2 Å². The van der Waals surface area contributed by atoms with Crippen LogP contribution in [0.5, 0.6) is 5.75 Å². The van der Waals surface area contributed by atoms with E-state index in [1.54, 1.807) is 0 Å². The minimum Gasteiger partial charge on any atom is -0.484 e. The van der Waals surface area contributed by atoms with Gasteiger partial charge in [-0.15, -0.1) is 0 Å². The number of oxazole rings is 1.